The average molecular weight is 348 g/mol. The monoisotopic (exact) mass is 347 g/mol. The number of aliphatic carboxylic acids is 1. The van der Waals surface area contributed by atoms with Gasteiger partial charge in [-0.3, -0.25) is 9.78 Å². The zero-order valence-corrected chi connectivity index (χ0v) is 14.7. The van der Waals surface area contributed by atoms with E-state index in [4.69, 9.17) is 21.4 Å². The number of benzene rings is 1. The molecule has 0 fully saturated rings. The molecule has 0 saturated heterocycles. The molecule has 1 atom stereocenters. The molecule has 0 aliphatic rings. The average Bonchev–Trinajstić information content (AvgIpc) is 2.56. The van der Waals surface area contributed by atoms with Crippen LogP contribution >= 0.6 is 11.6 Å². The third-order valence-electron chi connectivity index (χ3n) is 3.83. The summed E-state index contributed by atoms with van der Waals surface area (Å²) >= 11 is 5.98. The van der Waals surface area contributed by atoms with Gasteiger partial charge in [0.2, 0.25) is 0 Å². The van der Waals surface area contributed by atoms with Crippen molar-refractivity contribution >= 4 is 17.6 Å². The van der Waals surface area contributed by atoms with Crippen molar-refractivity contribution in [3.63, 3.8) is 0 Å². The first-order chi connectivity index (χ1) is 11.4. The van der Waals surface area contributed by atoms with Gasteiger partial charge in [0.1, 0.15) is 10.6 Å². The van der Waals surface area contributed by atoms with Crippen LogP contribution in [0.25, 0.3) is 0 Å². The van der Waals surface area contributed by atoms with Gasteiger partial charge in [-0.1, -0.05) is 25.1 Å². The Kier molecular flexibility index (Phi) is 6.21. The normalized spacial score (nSPS) is 13.3. The van der Waals surface area contributed by atoms with Crippen LogP contribution in [0, 0.1) is 0 Å². The van der Waals surface area contributed by atoms with Gasteiger partial charge >= 0.3 is 5.97 Å². The molecular weight excluding hydrogens is 326 g/mol. The number of ether oxygens (including phenoxy) is 1. The van der Waals surface area contributed by atoms with Gasteiger partial charge in [0.05, 0.1) is 6.61 Å². The van der Waals surface area contributed by atoms with Crippen LogP contribution in [0.5, 0.6) is 5.75 Å². The molecule has 5 heteroatoms. The third kappa shape index (κ3) is 5.24. The summed E-state index contributed by atoms with van der Waals surface area (Å²) in [7, 11) is 0. The van der Waals surface area contributed by atoms with E-state index < -0.39 is 10.8 Å². The summed E-state index contributed by atoms with van der Waals surface area (Å²) in [4.78, 5) is 14.2. The molecule has 0 amide bonds. The van der Waals surface area contributed by atoms with Crippen LogP contribution in [0.15, 0.2) is 42.6 Å². The Morgan fingerprint density at radius 2 is 1.88 bits per heavy atom. The minimum absolute atomic E-state index is 0.262. The van der Waals surface area contributed by atoms with E-state index in [-0.39, 0.29) is 6.42 Å². The van der Waals surface area contributed by atoms with E-state index in [1.807, 2.05) is 36.5 Å². The lowest BCUT2D eigenvalue weighted by atomic mass is 10.0. The van der Waals surface area contributed by atoms with Gasteiger partial charge in [-0.25, -0.2) is 0 Å². The van der Waals surface area contributed by atoms with Crippen molar-refractivity contribution in [2.75, 3.05) is 6.61 Å². The molecule has 128 valence electrons. The van der Waals surface area contributed by atoms with Gasteiger partial charge in [-0.15, -0.1) is 11.6 Å². The molecule has 1 unspecified atom stereocenters. The molecule has 0 aliphatic carbocycles. The maximum atomic E-state index is 11.0. The number of hydrogen-bond acceptors (Lipinski definition) is 3. The van der Waals surface area contributed by atoms with Gasteiger partial charge in [-0.2, -0.15) is 0 Å². The summed E-state index contributed by atoms with van der Waals surface area (Å²) in [5.41, 5.74) is 3.09. The first-order valence-corrected chi connectivity index (χ1v) is 8.36. The Morgan fingerprint density at radius 3 is 2.42 bits per heavy atom. The Balaban J connectivity index is 1.84. The van der Waals surface area contributed by atoms with Gasteiger partial charge in [0, 0.05) is 24.7 Å². The highest BCUT2D eigenvalue weighted by molar-refractivity contribution is 6.33. The van der Waals surface area contributed by atoms with E-state index in [0.29, 0.717) is 6.61 Å². The molecule has 1 aromatic carbocycles. The van der Waals surface area contributed by atoms with Gasteiger partial charge in [0.25, 0.3) is 0 Å². The second-order valence-electron chi connectivity index (χ2n) is 5.93. The minimum atomic E-state index is -1.29. The van der Waals surface area contributed by atoms with Crippen LogP contribution in [-0.2, 0) is 24.1 Å². The van der Waals surface area contributed by atoms with Crippen molar-refractivity contribution in [1.82, 2.24) is 4.98 Å². The minimum Gasteiger partial charge on any atom is -0.493 e. The van der Waals surface area contributed by atoms with Crippen LogP contribution in [0.4, 0.5) is 0 Å². The smallest absolute Gasteiger partial charge is 0.324 e. The Hall–Kier alpha value is -2.07. The van der Waals surface area contributed by atoms with Crippen LogP contribution in [0.2, 0.25) is 0 Å². The van der Waals surface area contributed by atoms with E-state index >= 15 is 0 Å². The zero-order chi connectivity index (χ0) is 17.6. The quantitative estimate of drug-likeness (QED) is 0.736. The van der Waals surface area contributed by atoms with E-state index in [9.17, 15) is 4.79 Å². The number of aryl methyl sites for hydroxylation is 1. The van der Waals surface area contributed by atoms with Gasteiger partial charge in [-0.05, 0) is 42.7 Å². The summed E-state index contributed by atoms with van der Waals surface area (Å²) < 4.78 is 5.71. The number of aromatic nitrogens is 1. The predicted molar refractivity (Wildman–Crippen MR) is 94.9 cm³/mol. The highest BCUT2D eigenvalue weighted by atomic mass is 35.5. The lowest BCUT2D eigenvalue weighted by molar-refractivity contribution is -0.139. The Labute approximate surface area is 147 Å². The second-order valence-corrected chi connectivity index (χ2v) is 6.77. The number of carboxylic acid groups (broad SMARTS) is 1. The summed E-state index contributed by atoms with van der Waals surface area (Å²) in [5.74, 6) is -0.276. The molecule has 0 radical (unpaired) electrons. The summed E-state index contributed by atoms with van der Waals surface area (Å²) in [6.45, 7) is 4.14. The maximum Gasteiger partial charge on any atom is 0.324 e. The molecule has 1 heterocycles. The number of carbonyl (C=O) groups is 1. The van der Waals surface area contributed by atoms with Crippen molar-refractivity contribution in [2.24, 2.45) is 0 Å². The third-order valence-corrected chi connectivity index (χ3v) is 4.12. The van der Waals surface area contributed by atoms with Crippen LogP contribution in [-0.4, -0.2) is 27.5 Å². The molecule has 2 rings (SSSR count). The molecule has 0 saturated carbocycles. The SMILES string of the molecule is CCc1ccc(CCOc2ccc(CC(C)(Cl)C(=O)O)cc2)nc1. The number of nitrogens with zero attached hydrogens (tertiary/aromatic N) is 1. The molecule has 0 bridgehead atoms. The molecule has 2 aromatic rings. The fourth-order valence-electron chi connectivity index (χ4n) is 2.25. The lowest BCUT2D eigenvalue weighted by Crippen LogP contribution is -2.30. The molecular formula is C19H22ClNO3. The van der Waals surface area contributed by atoms with E-state index in [1.54, 1.807) is 0 Å². The number of carboxylic acids is 1. The molecule has 24 heavy (non-hydrogen) atoms. The molecule has 0 aliphatic heterocycles. The number of halogens is 1. The first-order valence-electron chi connectivity index (χ1n) is 7.98. The first kappa shape index (κ1) is 18.3. The largest absolute Gasteiger partial charge is 0.493 e. The van der Waals surface area contributed by atoms with Gasteiger partial charge < -0.3 is 9.84 Å². The highest BCUT2D eigenvalue weighted by Gasteiger charge is 2.30. The van der Waals surface area contributed by atoms with E-state index in [2.05, 4.69) is 18.0 Å². The lowest BCUT2D eigenvalue weighted by Gasteiger charge is -2.16. The molecule has 1 N–H and O–H groups in total. The number of rotatable bonds is 8. The van der Waals surface area contributed by atoms with E-state index in [0.717, 1.165) is 29.8 Å². The predicted octanol–water partition coefficient (Wildman–Crippen LogP) is 3.89. The van der Waals surface area contributed by atoms with E-state index in [1.165, 1.54) is 12.5 Å². The van der Waals surface area contributed by atoms with Gasteiger partial charge in [0.15, 0.2) is 0 Å². The van der Waals surface area contributed by atoms with Crippen molar-refractivity contribution in [1.29, 1.82) is 0 Å². The zero-order valence-electron chi connectivity index (χ0n) is 14.0. The fourth-order valence-corrected chi connectivity index (χ4v) is 2.40. The van der Waals surface area contributed by atoms with Crippen molar-refractivity contribution < 1.29 is 14.6 Å². The highest BCUT2D eigenvalue weighted by Crippen LogP contribution is 2.22. The second kappa shape index (κ2) is 8.15. The summed E-state index contributed by atoms with van der Waals surface area (Å²) in [6.07, 6.45) is 3.89. The molecule has 1 aromatic heterocycles. The maximum absolute atomic E-state index is 11.0. The molecule has 4 nitrogen and oxygen atoms in total. The van der Waals surface area contributed by atoms with Crippen molar-refractivity contribution in [2.45, 2.75) is 38.0 Å². The van der Waals surface area contributed by atoms with Crippen LogP contribution in [0.1, 0.15) is 30.7 Å². The number of alkyl halides is 1. The summed E-state index contributed by atoms with van der Waals surface area (Å²) in [6, 6.07) is 11.5. The number of hydrogen-bond donors (Lipinski definition) is 1. The van der Waals surface area contributed by atoms with Crippen molar-refractivity contribution in [3.8, 4) is 5.75 Å². The summed E-state index contributed by atoms with van der Waals surface area (Å²) in [5, 5.41) is 9.05. The Morgan fingerprint density at radius 1 is 1.21 bits per heavy atom. The van der Waals surface area contributed by atoms with Crippen LogP contribution in [0.3, 0.4) is 0 Å². The number of pyridine rings is 1. The van der Waals surface area contributed by atoms with Crippen LogP contribution < -0.4 is 4.74 Å². The Bertz CT molecular complexity index is 666. The fraction of sp³-hybridized carbons (Fsp3) is 0.368. The van der Waals surface area contributed by atoms with Crippen molar-refractivity contribution in [3.05, 3.63) is 59.4 Å². The topological polar surface area (TPSA) is 59.4 Å². The standard InChI is InChI=1S/C19H22ClNO3/c1-3-14-4-7-16(21-13-14)10-11-24-17-8-5-15(6-9-17)12-19(2,20)18(22)23/h4-9,13H,3,10-12H2,1-2H3,(H,22,23). The molecule has 0 spiro atoms.